The van der Waals surface area contributed by atoms with E-state index in [0.29, 0.717) is 29.2 Å². The van der Waals surface area contributed by atoms with Crippen LogP contribution in [0.25, 0.3) is 10.9 Å². The van der Waals surface area contributed by atoms with Gasteiger partial charge in [0.1, 0.15) is 5.70 Å². The third-order valence-electron chi connectivity index (χ3n) is 5.77. The average molecular weight is 472 g/mol. The minimum absolute atomic E-state index is 0.00124. The molecule has 5 N–H and O–H groups in total. The molecule has 2 amide bonds. The second-order valence-corrected chi connectivity index (χ2v) is 8.28. The molecule has 35 heavy (non-hydrogen) atoms. The molecule has 9 heteroatoms. The van der Waals surface area contributed by atoms with Crippen molar-refractivity contribution >= 4 is 34.2 Å². The number of allylic oxidation sites excluding steroid dienone is 2. The lowest BCUT2D eigenvalue weighted by atomic mass is 10.1. The molecule has 0 bridgehead atoms. The van der Waals surface area contributed by atoms with Crippen molar-refractivity contribution in [2.75, 3.05) is 31.5 Å². The van der Waals surface area contributed by atoms with Crippen LogP contribution in [0.3, 0.4) is 0 Å². The van der Waals surface area contributed by atoms with E-state index in [0.717, 1.165) is 37.0 Å². The summed E-state index contributed by atoms with van der Waals surface area (Å²) in [6.45, 7) is 8.58. The van der Waals surface area contributed by atoms with Crippen LogP contribution in [-0.2, 0) is 4.79 Å². The number of hydrogen-bond donors (Lipinski definition) is 4. The predicted octanol–water partition coefficient (Wildman–Crippen LogP) is 2.80. The maximum atomic E-state index is 13.0. The molecule has 0 aliphatic carbocycles. The molecule has 9 nitrogen and oxygen atoms in total. The Labute approximate surface area is 203 Å². The number of aromatic nitrogens is 2. The van der Waals surface area contributed by atoms with E-state index in [2.05, 4.69) is 32.4 Å². The smallest absolute Gasteiger partial charge is 0.277 e. The Morgan fingerprint density at radius 3 is 2.60 bits per heavy atom. The van der Waals surface area contributed by atoms with Crippen molar-refractivity contribution in [3.05, 3.63) is 83.7 Å². The highest BCUT2D eigenvalue weighted by molar-refractivity contribution is 6.14. The summed E-state index contributed by atoms with van der Waals surface area (Å²) < 4.78 is 0. The van der Waals surface area contributed by atoms with Gasteiger partial charge >= 0.3 is 0 Å². The summed E-state index contributed by atoms with van der Waals surface area (Å²) in [5, 5.41) is 13.9. The van der Waals surface area contributed by atoms with E-state index >= 15 is 0 Å². The summed E-state index contributed by atoms with van der Waals surface area (Å²) in [6, 6.07) is 14.6. The number of anilines is 1. The van der Waals surface area contributed by atoms with Gasteiger partial charge in [-0.15, -0.1) is 0 Å². The summed E-state index contributed by atoms with van der Waals surface area (Å²) in [4.78, 5) is 32.3. The minimum Gasteiger partial charge on any atom is -0.400 e. The third kappa shape index (κ3) is 5.47. The molecule has 1 aliphatic rings. The van der Waals surface area contributed by atoms with Gasteiger partial charge < -0.3 is 21.3 Å². The Hall–Kier alpha value is -4.24. The number of nitrogens with two attached hydrogens (primary N) is 1. The molecule has 1 aromatic heterocycles. The first-order chi connectivity index (χ1) is 17.0. The molecule has 2 aromatic carbocycles. The van der Waals surface area contributed by atoms with E-state index in [1.165, 1.54) is 0 Å². The van der Waals surface area contributed by atoms with Crippen LogP contribution in [0, 0.1) is 0 Å². The van der Waals surface area contributed by atoms with Crippen LogP contribution in [0.2, 0.25) is 0 Å². The van der Waals surface area contributed by atoms with E-state index < -0.39 is 5.91 Å². The first-order valence-corrected chi connectivity index (χ1v) is 11.5. The quantitative estimate of drug-likeness (QED) is 0.325. The molecular formula is C26H29N7O2. The van der Waals surface area contributed by atoms with Crippen LogP contribution >= 0.6 is 0 Å². The number of benzene rings is 2. The number of carbonyl (C=O) groups excluding carboxylic acids is 2. The molecule has 1 aliphatic heterocycles. The number of amides is 2. The van der Waals surface area contributed by atoms with E-state index in [1.807, 2.05) is 29.2 Å². The lowest BCUT2D eigenvalue weighted by Gasteiger charge is -2.20. The maximum absolute atomic E-state index is 13.0. The lowest BCUT2D eigenvalue weighted by molar-refractivity contribution is -0.112. The second kappa shape index (κ2) is 10.8. The maximum Gasteiger partial charge on any atom is 0.277 e. The summed E-state index contributed by atoms with van der Waals surface area (Å²) in [5.41, 5.74) is 8.91. The number of aromatic amines is 1. The summed E-state index contributed by atoms with van der Waals surface area (Å²) in [6.07, 6.45) is 2.48. The number of para-hydroxylation sites is 1. The Bertz CT molecular complexity index is 1290. The number of aliphatic imine (C=N–C) groups is 1. The number of fused-ring (bicyclic) bond motifs is 1. The number of carbonyl (C=O) groups is 2. The van der Waals surface area contributed by atoms with Crippen molar-refractivity contribution in [2.24, 2.45) is 10.7 Å². The van der Waals surface area contributed by atoms with Crippen LogP contribution in [0.1, 0.15) is 29.3 Å². The molecular weight excluding hydrogens is 442 g/mol. The Kier molecular flexibility index (Phi) is 7.37. The first-order valence-electron chi connectivity index (χ1n) is 11.5. The van der Waals surface area contributed by atoms with E-state index in [4.69, 9.17) is 5.73 Å². The lowest BCUT2D eigenvalue weighted by Crippen LogP contribution is -2.34. The molecule has 0 atom stereocenters. The Balaban J connectivity index is 1.54. The number of nitrogens with one attached hydrogen (secondary N) is 3. The highest BCUT2D eigenvalue weighted by Crippen LogP contribution is 2.21. The van der Waals surface area contributed by atoms with Crippen molar-refractivity contribution in [2.45, 2.75) is 13.3 Å². The van der Waals surface area contributed by atoms with Crippen LogP contribution in [0.5, 0.6) is 0 Å². The zero-order valence-electron chi connectivity index (χ0n) is 19.7. The van der Waals surface area contributed by atoms with Gasteiger partial charge in [-0.25, -0.2) is 4.99 Å². The van der Waals surface area contributed by atoms with Gasteiger partial charge in [-0.2, -0.15) is 5.10 Å². The van der Waals surface area contributed by atoms with E-state index in [1.54, 1.807) is 37.3 Å². The zero-order valence-corrected chi connectivity index (χ0v) is 19.7. The van der Waals surface area contributed by atoms with Gasteiger partial charge in [-0.1, -0.05) is 30.8 Å². The topological polar surface area (TPSA) is 128 Å². The minimum atomic E-state index is -0.483. The number of nitrogens with zero attached hydrogens (tertiary/aromatic N) is 3. The van der Waals surface area contributed by atoms with Crippen molar-refractivity contribution in [1.29, 1.82) is 0 Å². The molecule has 180 valence electrons. The predicted molar refractivity (Wildman–Crippen MR) is 138 cm³/mol. The summed E-state index contributed by atoms with van der Waals surface area (Å²) in [5.74, 6) is -0.0872. The zero-order chi connectivity index (χ0) is 24.8. The number of rotatable bonds is 6. The molecule has 0 spiro atoms. The molecule has 0 saturated carbocycles. The fraction of sp³-hybridized carbons (Fsp3) is 0.231. The molecule has 4 rings (SSSR count). The normalized spacial score (nSPS) is 15.3. The van der Waals surface area contributed by atoms with E-state index in [9.17, 15) is 9.59 Å². The number of hydrogen-bond acceptors (Lipinski definition) is 6. The van der Waals surface area contributed by atoms with Crippen molar-refractivity contribution in [3.63, 3.8) is 0 Å². The number of H-pyrrole nitrogens is 1. The van der Waals surface area contributed by atoms with Crippen LogP contribution < -0.4 is 16.4 Å². The first kappa shape index (κ1) is 23.9. The molecule has 0 radical (unpaired) electrons. The van der Waals surface area contributed by atoms with Crippen LogP contribution in [0.4, 0.5) is 5.82 Å². The van der Waals surface area contributed by atoms with Gasteiger partial charge in [-0.05, 0) is 50.2 Å². The Morgan fingerprint density at radius 2 is 1.86 bits per heavy atom. The standard InChI is InChI=1S/C26H29N7O2/c1-3-21(18-9-11-19(12-10-18)26(35)33-15-6-13-28-14-16-33)29-23(17(2)27)25(34)30-24-20-7-4-5-8-22(20)31-32-24/h3-5,7-12,28H,1,6,13-16,27H2,2H3,(H2,30,31,32,34)/b23-17+,29-21?. The van der Waals surface area contributed by atoms with E-state index in [-0.39, 0.29) is 17.3 Å². The molecule has 0 unspecified atom stereocenters. The molecule has 2 heterocycles. The van der Waals surface area contributed by atoms with Gasteiger partial charge in [-0.3, -0.25) is 14.7 Å². The highest BCUT2D eigenvalue weighted by atomic mass is 16.2. The van der Waals surface area contributed by atoms with Gasteiger partial charge in [0.15, 0.2) is 5.82 Å². The Morgan fingerprint density at radius 1 is 1.11 bits per heavy atom. The van der Waals surface area contributed by atoms with Crippen LogP contribution in [-0.4, -0.2) is 58.8 Å². The fourth-order valence-electron chi connectivity index (χ4n) is 3.91. The molecule has 3 aromatic rings. The van der Waals surface area contributed by atoms with Gasteiger partial charge in [0.05, 0.1) is 11.2 Å². The summed E-state index contributed by atoms with van der Waals surface area (Å²) in [7, 11) is 0. The van der Waals surface area contributed by atoms with Gasteiger partial charge in [0, 0.05) is 41.8 Å². The highest BCUT2D eigenvalue weighted by Gasteiger charge is 2.18. The van der Waals surface area contributed by atoms with Crippen molar-refractivity contribution < 1.29 is 9.59 Å². The molecule has 1 fully saturated rings. The largest absolute Gasteiger partial charge is 0.400 e. The van der Waals surface area contributed by atoms with Crippen molar-refractivity contribution in [1.82, 2.24) is 20.4 Å². The average Bonchev–Trinajstić information content (AvgIpc) is 3.08. The van der Waals surface area contributed by atoms with Crippen LogP contribution in [0.15, 0.2) is 77.6 Å². The third-order valence-corrected chi connectivity index (χ3v) is 5.77. The monoisotopic (exact) mass is 471 g/mol. The van der Waals surface area contributed by atoms with Crippen molar-refractivity contribution in [3.8, 4) is 0 Å². The SMILES string of the molecule is C=CC(=N/C(C(=O)Nc1n[nH]c2ccccc12)=C(\C)N)c1ccc(C(=O)N2CCCNCC2)cc1. The molecule has 1 saturated heterocycles. The second-order valence-electron chi connectivity index (χ2n) is 8.28. The fourth-order valence-corrected chi connectivity index (χ4v) is 3.91. The van der Waals surface area contributed by atoms with Gasteiger partial charge in [0.25, 0.3) is 11.8 Å². The van der Waals surface area contributed by atoms with Gasteiger partial charge in [0.2, 0.25) is 0 Å². The summed E-state index contributed by atoms with van der Waals surface area (Å²) >= 11 is 0.